The third-order valence-corrected chi connectivity index (χ3v) is 3.75. The molecule has 0 spiro atoms. The maximum absolute atomic E-state index is 11.8. The minimum absolute atomic E-state index is 0.142. The number of nitrogens with zero attached hydrogens (tertiary/aromatic N) is 2. The summed E-state index contributed by atoms with van der Waals surface area (Å²) >= 11 is 0. The van der Waals surface area contributed by atoms with Gasteiger partial charge < -0.3 is 15.8 Å². The third-order valence-electron chi connectivity index (χ3n) is 3.75. The Bertz CT molecular complexity index is 293. The fourth-order valence-electron chi connectivity index (χ4n) is 2.23. The molecule has 0 aromatic heterocycles. The van der Waals surface area contributed by atoms with Crippen LogP contribution in [-0.4, -0.2) is 35.4 Å². The summed E-state index contributed by atoms with van der Waals surface area (Å²) in [6.07, 6.45) is 12.3. The molecule has 0 fully saturated rings. The van der Waals surface area contributed by atoms with Crippen LogP contribution in [0.2, 0.25) is 0 Å². The molecule has 5 nitrogen and oxygen atoms in total. The molecule has 3 N–H and O–H groups in total. The van der Waals surface area contributed by atoms with Gasteiger partial charge in [0, 0.05) is 26.4 Å². The fourth-order valence-corrected chi connectivity index (χ4v) is 2.23. The van der Waals surface area contributed by atoms with E-state index >= 15 is 0 Å². The van der Waals surface area contributed by atoms with Gasteiger partial charge in [0.05, 0.1) is 0 Å². The van der Waals surface area contributed by atoms with Gasteiger partial charge in [-0.2, -0.15) is 0 Å². The maximum atomic E-state index is 11.8. The first-order valence-electron chi connectivity index (χ1n) is 8.32. The van der Waals surface area contributed by atoms with E-state index in [9.17, 15) is 4.79 Å². The van der Waals surface area contributed by atoms with Crippen molar-refractivity contribution in [2.45, 2.75) is 77.6 Å². The Labute approximate surface area is 129 Å². The van der Waals surface area contributed by atoms with Gasteiger partial charge in [-0.3, -0.25) is 4.79 Å². The van der Waals surface area contributed by atoms with Gasteiger partial charge >= 0.3 is 0 Å². The Balaban J connectivity index is 3.44. The lowest BCUT2D eigenvalue weighted by atomic mass is 10.1. The Morgan fingerprint density at radius 2 is 1.52 bits per heavy atom. The molecular weight excluding hydrogens is 266 g/mol. The number of hydrogen-bond donors (Lipinski definition) is 2. The number of oxime groups is 1. The normalized spacial score (nSPS) is 11.6. The average molecular weight is 299 g/mol. The largest absolute Gasteiger partial charge is 0.409 e. The Morgan fingerprint density at radius 3 is 2.05 bits per heavy atom. The van der Waals surface area contributed by atoms with Crippen molar-refractivity contribution in [2.75, 3.05) is 13.6 Å². The highest BCUT2D eigenvalue weighted by Gasteiger charge is 2.08. The second-order valence-corrected chi connectivity index (χ2v) is 5.74. The van der Waals surface area contributed by atoms with E-state index < -0.39 is 0 Å². The highest BCUT2D eigenvalue weighted by atomic mass is 16.4. The van der Waals surface area contributed by atoms with Gasteiger partial charge in [0.1, 0.15) is 5.84 Å². The number of hydrogen-bond acceptors (Lipinski definition) is 3. The van der Waals surface area contributed by atoms with Crippen molar-refractivity contribution >= 4 is 11.7 Å². The second kappa shape index (κ2) is 13.7. The number of carbonyl (C=O) groups is 1. The summed E-state index contributed by atoms with van der Waals surface area (Å²) in [5.74, 6) is 0.307. The van der Waals surface area contributed by atoms with Crippen LogP contribution in [0.15, 0.2) is 5.16 Å². The first-order valence-corrected chi connectivity index (χ1v) is 8.32. The van der Waals surface area contributed by atoms with E-state index in [0.717, 1.165) is 12.8 Å². The van der Waals surface area contributed by atoms with Gasteiger partial charge in [0.25, 0.3) is 0 Å². The number of rotatable bonds is 13. The first kappa shape index (κ1) is 19.7. The van der Waals surface area contributed by atoms with Gasteiger partial charge in [-0.15, -0.1) is 0 Å². The highest BCUT2D eigenvalue weighted by Crippen LogP contribution is 2.11. The zero-order valence-electron chi connectivity index (χ0n) is 13.8. The summed E-state index contributed by atoms with van der Waals surface area (Å²) in [6.45, 7) is 2.74. The average Bonchev–Trinajstić information content (AvgIpc) is 2.50. The number of amides is 1. The SMILES string of the molecule is CCCCCCCCCCCC(=O)N(C)CCC(N)=NO. The quantitative estimate of drug-likeness (QED) is 0.180. The van der Waals surface area contributed by atoms with Crippen LogP contribution in [0.25, 0.3) is 0 Å². The standard InChI is InChI=1S/C16H33N3O2/c1-3-4-5-6-7-8-9-10-11-12-16(20)19(2)14-13-15(17)18-21/h21H,3-14H2,1-2H3,(H2,17,18). The van der Waals surface area contributed by atoms with E-state index in [4.69, 9.17) is 10.9 Å². The molecule has 0 aromatic rings. The summed E-state index contributed by atoms with van der Waals surface area (Å²) in [6, 6.07) is 0. The summed E-state index contributed by atoms with van der Waals surface area (Å²) in [5, 5.41) is 11.3. The Hall–Kier alpha value is -1.26. The molecule has 0 radical (unpaired) electrons. The Kier molecular flexibility index (Phi) is 12.9. The molecule has 0 aliphatic rings. The monoisotopic (exact) mass is 299 g/mol. The zero-order chi connectivity index (χ0) is 15.9. The summed E-state index contributed by atoms with van der Waals surface area (Å²) in [7, 11) is 1.76. The van der Waals surface area contributed by atoms with Crippen molar-refractivity contribution in [1.29, 1.82) is 0 Å². The van der Waals surface area contributed by atoms with Crippen molar-refractivity contribution in [3.8, 4) is 0 Å². The topological polar surface area (TPSA) is 78.9 Å². The third kappa shape index (κ3) is 12.2. The number of unbranched alkanes of at least 4 members (excludes halogenated alkanes) is 8. The van der Waals surface area contributed by atoms with E-state index in [-0.39, 0.29) is 11.7 Å². The zero-order valence-corrected chi connectivity index (χ0v) is 13.8. The van der Waals surface area contributed by atoms with Crippen LogP contribution in [0.3, 0.4) is 0 Å². The van der Waals surface area contributed by atoms with Crippen LogP contribution in [0.5, 0.6) is 0 Å². The molecular formula is C16H33N3O2. The molecule has 21 heavy (non-hydrogen) atoms. The van der Waals surface area contributed by atoms with Gasteiger partial charge in [-0.05, 0) is 6.42 Å². The lowest BCUT2D eigenvalue weighted by Gasteiger charge is -2.16. The molecule has 0 heterocycles. The molecule has 0 atom stereocenters. The van der Waals surface area contributed by atoms with E-state index in [1.165, 1.54) is 44.9 Å². The van der Waals surface area contributed by atoms with Gasteiger partial charge in [0.2, 0.25) is 5.91 Å². The smallest absolute Gasteiger partial charge is 0.222 e. The van der Waals surface area contributed by atoms with Crippen molar-refractivity contribution in [3.05, 3.63) is 0 Å². The number of nitrogens with two attached hydrogens (primary N) is 1. The number of amidine groups is 1. The van der Waals surface area contributed by atoms with Crippen LogP contribution in [0, 0.1) is 0 Å². The number of carbonyl (C=O) groups excluding carboxylic acids is 1. The molecule has 0 bridgehead atoms. The van der Waals surface area contributed by atoms with Crippen LogP contribution < -0.4 is 5.73 Å². The van der Waals surface area contributed by atoms with Crippen molar-refractivity contribution in [1.82, 2.24) is 4.90 Å². The van der Waals surface area contributed by atoms with E-state index in [0.29, 0.717) is 19.4 Å². The highest BCUT2D eigenvalue weighted by molar-refractivity contribution is 5.81. The maximum Gasteiger partial charge on any atom is 0.222 e. The van der Waals surface area contributed by atoms with Gasteiger partial charge in [0.15, 0.2) is 0 Å². The molecule has 0 aliphatic carbocycles. The molecule has 0 unspecified atom stereocenters. The molecule has 0 rings (SSSR count). The van der Waals surface area contributed by atoms with Crippen LogP contribution in [0.1, 0.15) is 77.6 Å². The van der Waals surface area contributed by atoms with E-state index in [1.54, 1.807) is 11.9 Å². The van der Waals surface area contributed by atoms with Crippen LogP contribution in [-0.2, 0) is 4.79 Å². The molecule has 1 amide bonds. The first-order chi connectivity index (χ1) is 10.1. The fraction of sp³-hybridized carbons (Fsp3) is 0.875. The summed E-state index contributed by atoms with van der Waals surface area (Å²) in [4.78, 5) is 13.5. The molecule has 0 saturated carbocycles. The summed E-state index contributed by atoms with van der Waals surface area (Å²) < 4.78 is 0. The lowest BCUT2D eigenvalue weighted by Crippen LogP contribution is -2.30. The van der Waals surface area contributed by atoms with E-state index in [2.05, 4.69) is 12.1 Å². The van der Waals surface area contributed by atoms with Crippen LogP contribution in [0.4, 0.5) is 0 Å². The molecule has 5 heteroatoms. The van der Waals surface area contributed by atoms with Crippen molar-refractivity contribution < 1.29 is 10.0 Å². The predicted molar refractivity (Wildman–Crippen MR) is 87.5 cm³/mol. The van der Waals surface area contributed by atoms with Crippen molar-refractivity contribution in [3.63, 3.8) is 0 Å². The minimum Gasteiger partial charge on any atom is -0.409 e. The van der Waals surface area contributed by atoms with Gasteiger partial charge in [-0.1, -0.05) is 63.4 Å². The Morgan fingerprint density at radius 1 is 1.00 bits per heavy atom. The predicted octanol–water partition coefficient (Wildman–Crippen LogP) is 3.50. The molecule has 0 aromatic carbocycles. The molecule has 0 saturated heterocycles. The molecule has 124 valence electrons. The molecule has 0 aliphatic heterocycles. The van der Waals surface area contributed by atoms with Crippen molar-refractivity contribution in [2.24, 2.45) is 10.9 Å². The van der Waals surface area contributed by atoms with Crippen LogP contribution >= 0.6 is 0 Å². The lowest BCUT2D eigenvalue weighted by molar-refractivity contribution is -0.129. The van der Waals surface area contributed by atoms with E-state index in [1.807, 2.05) is 0 Å². The van der Waals surface area contributed by atoms with Gasteiger partial charge in [-0.25, -0.2) is 0 Å². The summed E-state index contributed by atoms with van der Waals surface area (Å²) in [5.41, 5.74) is 5.38. The second-order valence-electron chi connectivity index (χ2n) is 5.74. The minimum atomic E-state index is 0.142.